The number of aromatic nitrogens is 1. The van der Waals surface area contributed by atoms with E-state index in [9.17, 15) is 4.79 Å². The van der Waals surface area contributed by atoms with Crippen LogP contribution in [-0.2, 0) is 4.79 Å². The molecule has 118 valence electrons. The number of amides is 1. The predicted octanol–water partition coefficient (Wildman–Crippen LogP) is 2.99. The Kier molecular flexibility index (Phi) is 5.80. The van der Waals surface area contributed by atoms with Crippen LogP contribution in [-0.4, -0.2) is 33.9 Å². The van der Waals surface area contributed by atoms with Crippen LogP contribution in [0, 0.1) is 0 Å². The summed E-state index contributed by atoms with van der Waals surface area (Å²) in [5.41, 5.74) is -0.349. The number of hydrogen-bond donors (Lipinski definition) is 2. The Labute approximate surface area is 135 Å². The van der Waals surface area contributed by atoms with Crippen molar-refractivity contribution in [2.24, 2.45) is 0 Å². The third-order valence-electron chi connectivity index (χ3n) is 3.86. The summed E-state index contributed by atoms with van der Waals surface area (Å²) in [5.74, 6) is 0.291. The molecule has 5 heteroatoms. The van der Waals surface area contributed by atoms with Crippen LogP contribution in [0.5, 0.6) is 0 Å². The number of benzene rings is 1. The zero-order chi connectivity index (χ0) is 16.0. The minimum atomic E-state index is -0.349. The fourth-order valence-corrected chi connectivity index (χ4v) is 3.10. The van der Waals surface area contributed by atoms with Crippen LogP contribution in [0.25, 0.3) is 10.8 Å². The molecule has 4 nitrogen and oxygen atoms in total. The molecule has 1 heterocycles. The molecule has 0 spiro atoms. The van der Waals surface area contributed by atoms with E-state index in [4.69, 9.17) is 5.11 Å². The normalized spacial score (nSPS) is 13.8. The maximum Gasteiger partial charge on any atom is 0.230 e. The van der Waals surface area contributed by atoms with E-state index in [1.54, 1.807) is 6.20 Å². The minimum absolute atomic E-state index is 0.0301. The van der Waals surface area contributed by atoms with Gasteiger partial charge in [0.1, 0.15) is 5.03 Å². The lowest BCUT2D eigenvalue weighted by Gasteiger charge is -2.28. The van der Waals surface area contributed by atoms with E-state index in [1.807, 2.05) is 44.2 Å². The van der Waals surface area contributed by atoms with Gasteiger partial charge in [-0.1, -0.05) is 43.0 Å². The van der Waals surface area contributed by atoms with Crippen LogP contribution in [0.15, 0.2) is 41.6 Å². The topological polar surface area (TPSA) is 62.2 Å². The number of rotatable bonds is 7. The maximum absolute atomic E-state index is 12.2. The lowest BCUT2D eigenvalue weighted by molar-refractivity contribution is -0.120. The van der Waals surface area contributed by atoms with Crippen LogP contribution in [0.4, 0.5) is 0 Å². The molecule has 1 aromatic heterocycles. The zero-order valence-electron chi connectivity index (χ0n) is 13.0. The molecule has 1 aromatic carbocycles. The zero-order valence-corrected chi connectivity index (χ0v) is 13.8. The van der Waals surface area contributed by atoms with Gasteiger partial charge in [0.15, 0.2) is 0 Å². The second-order valence-electron chi connectivity index (χ2n) is 5.56. The van der Waals surface area contributed by atoms with Gasteiger partial charge in [-0.3, -0.25) is 4.79 Å². The molecule has 0 saturated heterocycles. The lowest BCUT2D eigenvalue weighted by atomic mass is 9.95. The van der Waals surface area contributed by atoms with E-state index >= 15 is 0 Å². The molecule has 0 bridgehead atoms. The van der Waals surface area contributed by atoms with Gasteiger partial charge < -0.3 is 10.4 Å². The highest BCUT2D eigenvalue weighted by Gasteiger charge is 2.23. The summed E-state index contributed by atoms with van der Waals surface area (Å²) < 4.78 is 0. The molecule has 2 N–H and O–H groups in total. The van der Waals surface area contributed by atoms with Crippen molar-refractivity contribution >= 4 is 28.4 Å². The SMILES string of the molecule is CCC(C)(CCO)NC(=O)CSc1nccc2ccccc12. The fourth-order valence-electron chi connectivity index (χ4n) is 2.29. The number of aliphatic hydroxyl groups excluding tert-OH is 1. The molecule has 0 aliphatic heterocycles. The van der Waals surface area contributed by atoms with Gasteiger partial charge in [-0.2, -0.15) is 0 Å². The molecule has 22 heavy (non-hydrogen) atoms. The largest absolute Gasteiger partial charge is 0.396 e. The average molecular weight is 318 g/mol. The second kappa shape index (κ2) is 7.61. The average Bonchev–Trinajstić information content (AvgIpc) is 2.53. The molecular weight excluding hydrogens is 296 g/mol. The van der Waals surface area contributed by atoms with Crippen LogP contribution in [0.2, 0.25) is 0 Å². The highest BCUT2D eigenvalue weighted by molar-refractivity contribution is 8.00. The molecule has 1 atom stereocenters. The number of fused-ring (bicyclic) bond motifs is 1. The minimum Gasteiger partial charge on any atom is -0.396 e. The number of pyridine rings is 1. The van der Waals surface area contributed by atoms with Crippen molar-refractivity contribution in [3.63, 3.8) is 0 Å². The first kappa shape index (κ1) is 16.8. The van der Waals surface area contributed by atoms with E-state index in [0.717, 1.165) is 22.2 Å². The first-order chi connectivity index (χ1) is 10.6. The monoisotopic (exact) mass is 318 g/mol. The molecule has 1 unspecified atom stereocenters. The molecule has 0 fully saturated rings. The van der Waals surface area contributed by atoms with Gasteiger partial charge in [0.25, 0.3) is 0 Å². The van der Waals surface area contributed by atoms with Crippen LogP contribution < -0.4 is 5.32 Å². The van der Waals surface area contributed by atoms with Crippen LogP contribution in [0.1, 0.15) is 26.7 Å². The standard InChI is InChI=1S/C17H22N2O2S/c1-3-17(2,9-11-20)19-15(21)12-22-16-14-7-5-4-6-13(14)8-10-18-16/h4-8,10,20H,3,9,11-12H2,1-2H3,(H,19,21). The third-order valence-corrected chi connectivity index (χ3v) is 4.87. The number of carbonyl (C=O) groups is 1. The van der Waals surface area contributed by atoms with Crippen molar-refractivity contribution in [1.29, 1.82) is 0 Å². The lowest BCUT2D eigenvalue weighted by Crippen LogP contribution is -2.46. The molecular formula is C17H22N2O2S. The van der Waals surface area contributed by atoms with Crippen molar-refractivity contribution in [1.82, 2.24) is 10.3 Å². The van der Waals surface area contributed by atoms with Gasteiger partial charge >= 0.3 is 0 Å². The molecule has 2 rings (SSSR count). The van der Waals surface area contributed by atoms with Gasteiger partial charge in [0.05, 0.1) is 5.75 Å². The Balaban J connectivity index is 2.01. The van der Waals surface area contributed by atoms with Gasteiger partial charge in [-0.05, 0) is 31.2 Å². The summed E-state index contributed by atoms with van der Waals surface area (Å²) >= 11 is 1.44. The molecule has 0 radical (unpaired) electrons. The summed E-state index contributed by atoms with van der Waals surface area (Å²) in [7, 11) is 0. The number of aliphatic hydroxyl groups is 1. The van der Waals surface area contributed by atoms with E-state index in [2.05, 4.69) is 10.3 Å². The van der Waals surface area contributed by atoms with E-state index in [-0.39, 0.29) is 18.1 Å². The Hall–Kier alpha value is -1.59. The van der Waals surface area contributed by atoms with Gasteiger partial charge in [-0.25, -0.2) is 4.98 Å². The summed E-state index contributed by atoms with van der Waals surface area (Å²) in [6, 6.07) is 9.99. The molecule has 0 aliphatic carbocycles. The summed E-state index contributed by atoms with van der Waals surface area (Å²) in [4.78, 5) is 16.5. The quantitative estimate of drug-likeness (QED) is 0.770. The number of nitrogens with zero attached hydrogens (tertiary/aromatic N) is 1. The fraction of sp³-hybridized carbons (Fsp3) is 0.412. The second-order valence-corrected chi connectivity index (χ2v) is 6.53. The van der Waals surface area contributed by atoms with Crippen LogP contribution in [0.3, 0.4) is 0 Å². The van der Waals surface area contributed by atoms with Gasteiger partial charge in [0, 0.05) is 23.7 Å². The van der Waals surface area contributed by atoms with Crippen molar-refractivity contribution in [3.8, 4) is 0 Å². The molecule has 1 amide bonds. The number of thioether (sulfide) groups is 1. The van der Waals surface area contributed by atoms with Crippen molar-refractivity contribution in [3.05, 3.63) is 36.5 Å². The Morgan fingerprint density at radius 2 is 2.14 bits per heavy atom. The predicted molar refractivity (Wildman–Crippen MR) is 91.0 cm³/mol. The highest BCUT2D eigenvalue weighted by Crippen LogP contribution is 2.25. The van der Waals surface area contributed by atoms with Crippen molar-refractivity contribution in [2.75, 3.05) is 12.4 Å². The third kappa shape index (κ3) is 4.21. The molecule has 2 aromatic rings. The number of nitrogens with one attached hydrogen (secondary N) is 1. The maximum atomic E-state index is 12.2. The Morgan fingerprint density at radius 1 is 1.36 bits per heavy atom. The van der Waals surface area contributed by atoms with E-state index in [1.165, 1.54) is 11.8 Å². The Morgan fingerprint density at radius 3 is 2.86 bits per heavy atom. The van der Waals surface area contributed by atoms with Gasteiger partial charge in [0.2, 0.25) is 5.91 Å². The number of hydrogen-bond acceptors (Lipinski definition) is 4. The van der Waals surface area contributed by atoms with Crippen molar-refractivity contribution < 1.29 is 9.90 Å². The first-order valence-electron chi connectivity index (χ1n) is 7.46. The molecule has 0 saturated carbocycles. The summed E-state index contributed by atoms with van der Waals surface area (Å²) in [5, 5.41) is 15.2. The summed E-state index contributed by atoms with van der Waals surface area (Å²) in [6.07, 6.45) is 3.12. The van der Waals surface area contributed by atoms with E-state index < -0.39 is 0 Å². The van der Waals surface area contributed by atoms with E-state index in [0.29, 0.717) is 12.2 Å². The Bertz CT molecular complexity index is 642. The van der Waals surface area contributed by atoms with Crippen LogP contribution >= 0.6 is 11.8 Å². The molecule has 0 aliphatic rings. The van der Waals surface area contributed by atoms with Crippen molar-refractivity contribution in [2.45, 2.75) is 37.3 Å². The number of carbonyl (C=O) groups excluding carboxylic acids is 1. The smallest absolute Gasteiger partial charge is 0.230 e. The first-order valence-corrected chi connectivity index (χ1v) is 8.45. The summed E-state index contributed by atoms with van der Waals surface area (Å²) in [6.45, 7) is 4.04. The van der Waals surface area contributed by atoms with Gasteiger partial charge in [-0.15, -0.1) is 0 Å². The highest BCUT2D eigenvalue weighted by atomic mass is 32.2.